The van der Waals surface area contributed by atoms with E-state index in [2.05, 4.69) is 20.0 Å². The predicted octanol–water partition coefficient (Wildman–Crippen LogP) is 1.60. The largest absolute Gasteiger partial charge is 0.365 e. The fourth-order valence-corrected chi connectivity index (χ4v) is 2.42. The molecule has 100 valence electrons. The highest BCUT2D eigenvalue weighted by Crippen LogP contribution is 2.33. The van der Waals surface area contributed by atoms with Gasteiger partial charge in [0.25, 0.3) is 5.91 Å². The maximum absolute atomic E-state index is 12.3. The highest BCUT2D eigenvalue weighted by Gasteiger charge is 2.42. The zero-order valence-electron chi connectivity index (χ0n) is 10.8. The average molecular weight is 253 g/mol. The van der Waals surface area contributed by atoms with Crippen LogP contribution in [0.5, 0.6) is 0 Å². The van der Waals surface area contributed by atoms with Crippen molar-refractivity contribution in [2.45, 2.75) is 51.2 Å². The van der Waals surface area contributed by atoms with E-state index < -0.39 is 5.60 Å². The first-order valence-corrected chi connectivity index (χ1v) is 6.39. The monoisotopic (exact) mass is 253 g/mol. The van der Waals surface area contributed by atoms with Crippen LogP contribution in [0.4, 0.5) is 0 Å². The van der Waals surface area contributed by atoms with Gasteiger partial charge in [-0.2, -0.15) is 4.98 Å². The van der Waals surface area contributed by atoms with Crippen LogP contribution in [-0.2, 0) is 9.53 Å². The van der Waals surface area contributed by atoms with Crippen molar-refractivity contribution in [3.63, 3.8) is 0 Å². The molecule has 0 aliphatic heterocycles. The van der Waals surface area contributed by atoms with Crippen LogP contribution < -0.4 is 5.32 Å². The van der Waals surface area contributed by atoms with Gasteiger partial charge in [-0.05, 0) is 39.5 Å². The SMILES string of the molecule is CCOC1(C(=O)NC(C)c2ncon2)CCCC1. The van der Waals surface area contributed by atoms with E-state index in [-0.39, 0.29) is 11.9 Å². The minimum absolute atomic E-state index is 0.0702. The number of amides is 1. The van der Waals surface area contributed by atoms with Crippen molar-refractivity contribution >= 4 is 5.91 Å². The van der Waals surface area contributed by atoms with Gasteiger partial charge in [-0.1, -0.05) is 5.16 Å². The lowest BCUT2D eigenvalue weighted by Crippen LogP contribution is -2.47. The molecule has 1 aromatic rings. The smallest absolute Gasteiger partial charge is 0.252 e. The summed E-state index contributed by atoms with van der Waals surface area (Å²) in [7, 11) is 0. The van der Waals surface area contributed by atoms with Crippen molar-refractivity contribution in [1.82, 2.24) is 15.5 Å². The lowest BCUT2D eigenvalue weighted by atomic mass is 10.0. The van der Waals surface area contributed by atoms with Crippen molar-refractivity contribution in [2.24, 2.45) is 0 Å². The Kier molecular flexibility index (Phi) is 3.96. The fraction of sp³-hybridized carbons (Fsp3) is 0.750. The number of carbonyl (C=O) groups excluding carboxylic acids is 1. The van der Waals surface area contributed by atoms with Crippen LogP contribution >= 0.6 is 0 Å². The second kappa shape index (κ2) is 5.48. The zero-order chi connectivity index (χ0) is 13.0. The maximum Gasteiger partial charge on any atom is 0.252 e. The first kappa shape index (κ1) is 13.0. The third-order valence-corrected chi connectivity index (χ3v) is 3.36. The molecule has 0 spiro atoms. The molecule has 6 nitrogen and oxygen atoms in total. The Labute approximate surface area is 106 Å². The second-order valence-electron chi connectivity index (χ2n) is 4.62. The van der Waals surface area contributed by atoms with Crippen LogP contribution in [0.15, 0.2) is 10.9 Å². The summed E-state index contributed by atoms with van der Waals surface area (Å²) in [5.41, 5.74) is -0.660. The Bertz CT molecular complexity index is 385. The summed E-state index contributed by atoms with van der Waals surface area (Å²) in [5.74, 6) is 0.409. The quantitative estimate of drug-likeness (QED) is 0.862. The van der Waals surface area contributed by atoms with E-state index in [1.807, 2.05) is 13.8 Å². The molecule has 18 heavy (non-hydrogen) atoms. The van der Waals surface area contributed by atoms with E-state index in [1.165, 1.54) is 6.39 Å². The van der Waals surface area contributed by atoms with Crippen LogP contribution in [0.25, 0.3) is 0 Å². The van der Waals surface area contributed by atoms with Crippen LogP contribution in [-0.4, -0.2) is 28.3 Å². The van der Waals surface area contributed by atoms with Gasteiger partial charge in [0.15, 0.2) is 5.82 Å². The average Bonchev–Trinajstić information content (AvgIpc) is 3.00. The molecule has 0 saturated heterocycles. The van der Waals surface area contributed by atoms with Gasteiger partial charge in [-0.25, -0.2) is 0 Å². The maximum atomic E-state index is 12.3. The van der Waals surface area contributed by atoms with Crippen molar-refractivity contribution in [1.29, 1.82) is 0 Å². The molecule has 0 aromatic carbocycles. The van der Waals surface area contributed by atoms with E-state index in [0.29, 0.717) is 12.4 Å². The molecule has 1 saturated carbocycles. The fourth-order valence-electron chi connectivity index (χ4n) is 2.42. The molecule has 0 radical (unpaired) electrons. The van der Waals surface area contributed by atoms with Gasteiger partial charge < -0.3 is 14.6 Å². The molecule has 1 amide bonds. The van der Waals surface area contributed by atoms with Crippen molar-refractivity contribution < 1.29 is 14.1 Å². The summed E-state index contributed by atoms with van der Waals surface area (Å²) in [6.07, 6.45) is 4.89. The number of carbonyl (C=O) groups is 1. The number of nitrogens with zero attached hydrogens (tertiary/aromatic N) is 2. The summed E-state index contributed by atoms with van der Waals surface area (Å²) in [4.78, 5) is 16.3. The van der Waals surface area contributed by atoms with Gasteiger partial charge in [0.1, 0.15) is 5.60 Å². The molecule has 0 bridgehead atoms. The first-order valence-electron chi connectivity index (χ1n) is 6.39. The number of nitrogens with one attached hydrogen (secondary N) is 1. The molecule has 1 aliphatic rings. The molecule has 6 heteroatoms. The van der Waals surface area contributed by atoms with Crippen molar-refractivity contribution in [2.75, 3.05) is 6.61 Å². The Morgan fingerprint density at radius 3 is 2.89 bits per heavy atom. The highest BCUT2D eigenvalue weighted by atomic mass is 16.5. The Morgan fingerprint density at radius 1 is 1.61 bits per heavy atom. The number of aromatic nitrogens is 2. The van der Waals surface area contributed by atoms with Gasteiger partial charge in [-0.3, -0.25) is 4.79 Å². The number of rotatable bonds is 5. The molecule has 1 aromatic heterocycles. The molecular formula is C12H19N3O3. The predicted molar refractivity (Wildman–Crippen MR) is 63.7 cm³/mol. The number of hydrogen-bond donors (Lipinski definition) is 1. The van der Waals surface area contributed by atoms with E-state index >= 15 is 0 Å². The zero-order valence-corrected chi connectivity index (χ0v) is 10.8. The van der Waals surface area contributed by atoms with Gasteiger partial charge in [0.2, 0.25) is 6.39 Å². The lowest BCUT2D eigenvalue weighted by molar-refractivity contribution is -0.146. The van der Waals surface area contributed by atoms with E-state index in [9.17, 15) is 4.79 Å². The number of ether oxygens (including phenoxy) is 1. The second-order valence-corrected chi connectivity index (χ2v) is 4.62. The summed E-state index contributed by atoms with van der Waals surface area (Å²) in [6.45, 7) is 4.29. The van der Waals surface area contributed by atoms with Crippen LogP contribution in [0.1, 0.15) is 51.4 Å². The lowest BCUT2D eigenvalue weighted by Gasteiger charge is -2.28. The molecule has 1 atom stereocenters. The third-order valence-electron chi connectivity index (χ3n) is 3.36. The van der Waals surface area contributed by atoms with Crippen LogP contribution in [0.3, 0.4) is 0 Å². The normalized spacial score (nSPS) is 19.7. The Morgan fingerprint density at radius 2 is 2.33 bits per heavy atom. The molecule has 1 aliphatic carbocycles. The summed E-state index contributed by atoms with van der Waals surface area (Å²) >= 11 is 0. The molecule has 1 unspecified atom stereocenters. The minimum atomic E-state index is -0.660. The minimum Gasteiger partial charge on any atom is -0.365 e. The third kappa shape index (κ3) is 2.53. The first-order chi connectivity index (χ1) is 8.68. The van der Waals surface area contributed by atoms with Crippen molar-refractivity contribution in [3.05, 3.63) is 12.2 Å². The Hall–Kier alpha value is -1.43. The highest BCUT2D eigenvalue weighted by molar-refractivity contribution is 5.85. The van der Waals surface area contributed by atoms with Gasteiger partial charge in [-0.15, -0.1) is 0 Å². The van der Waals surface area contributed by atoms with E-state index in [1.54, 1.807) is 0 Å². The summed E-state index contributed by atoms with van der Waals surface area (Å²) in [6, 6.07) is -0.269. The van der Waals surface area contributed by atoms with Gasteiger partial charge in [0, 0.05) is 6.61 Å². The Balaban J connectivity index is 2.01. The molecule has 1 fully saturated rings. The summed E-state index contributed by atoms with van der Waals surface area (Å²) in [5, 5.41) is 6.62. The molecule has 2 rings (SSSR count). The van der Waals surface area contributed by atoms with Crippen molar-refractivity contribution in [3.8, 4) is 0 Å². The van der Waals surface area contributed by atoms with Gasteiger partial charge in [0.05, 0.1) is 6.04 Å². The number of hydrogen-bond acceptors (Lipinski definition) is 5. The van der Waals surface area contributed by atoms with Crippen LogP contribution in [0.2, 0.25) is 0 Å². The molecule has 1 heterocycles. The standard InChI is InChI=1S/C12H19N3O3/c1-3-17-12(6-4-5-7-12)11(16)14-9(2)10-13-8-18-15-10/h8-9H,3-7H2,1-2H3,(H,14,16). The van der Waals surface area contributed by atoms with Crippen LogP contribution in [0, 0.1) is 0 Å². The molecule has 1 N–H and O–H groups in total. The van der Waals surface area contributed by atoms with Gasteiger partial charge >= 0.3 is 0 Å². The van der Waals surface area contributed by atoms with E-state index in [0.717, 1.165) is 25.7 Å². The molecular weight excluding hydrogens is 234 g/mol. The summed E-state index contributed by atoms with van der Waals surface area (Å²) < 4.78 is 10.4. The van der Waals surface area contributed by atoms with E-state index in [4.69, 9.17) is 4.74 Å². The topological polar surface area (TPSA) is 77.2 Å².